The number of pyridine rings is 1. The SMILES string of the molecule is N#Cc1c(-c2ccc(Br)cc2)cc(-c2ccccc2)[nH]c1=S. The molecule has 1 heterocycles. The van der Waals surface area contributed by atoms with Crippen LogP contribution >= 0.6 is 28.1 Å². The van der Waals surface area contributed by atoms with Gasteiger partial charge >= 0.3 is 0 Å². The minimum Gasteiger partial charge on any atom is -0.345 e. The van der Waals surface area contributed by atoms with Crippen molar-refractivity contribution in [3.63, 3.8) is 0 Å². The zero-order valence-corrected chi connectivity index (χ0v) is 13.9. The number of nitrogens with zero attached hydrogens (tertiary/aromatic N) is 1. The van der Waals surface area contributed by atoms with Crippen LogP contribution in [-0.4, -0.2) is 4.98 Å². The Kier molecular flexibility index (Phi) is 4.19. The van der Waals surface area contributed by atoms with Crippen molar-refractivity contribution >= 4 is 28.1 Å². The van der Waals surface area contributed by atoms with Crippen LogP contribution in [0, 0.1) is 16.0 Å². The van der Waals surface area contributed by atoms with E-state index in [2.05, 4.69) is 27.0 Å². The molecule has 0 saturated carbocycles. The Hall–Kier alpha value is -2.22. The van der Waals surface area contributed by atoms with Crippen molar-refractivity contribution in [2.24, 2.45) is 0 Å². The van der Waals surface area contributed by atoms with E-state index in [1.807, 2.05) is 60.7 Å². The molecule has 22 heavy (non-hydrogen) atoms. The molecule has 0 amide bonds. The predicted octanol–water partition coefficient (Wildman–Crippen LogP) is 5.71. The molecular formula is C18H11BrN2S. The average molecular weight is 367 g/mol. The molecule has 3 aromatic rings. The summed E-state index contributed by atoms with van der Waals surface area (Å²) in [5.41, 5.74) is 4.26. The van der Waals surface area contributed by atoms with E-state index in [9.17, 15) is 5.26 Å². The largest absolute Gasteiger partial charge is 0.345 e. The fraction of sp³-hybridized carbons (Fsp3) is 0. The summed E-state index contributed by atoms with van der Waals surface area (Å²) < 4.78 is 1.46. The fourth-order valence-electron chi connectivity index (χ4n) is 2.30. The van der Waals surface area contributed by atoms with Gasteiger partial charge in [-0.25, -0.2) is 0 Å². The Morgan fingerprint density at radius 3 is 2.27 bits per heavy atom. The fourth-order valence-corrected chi connectivity index (χ4v) is 2.83. The van der Waals surface area contributed by atoms with E-state index in [4.69, 9.17) is 12.2 Å². The Morgan fingerprint density at radius 1 is 0.955 bits per heavy atom. The highest BCUT2D eigenvalue weighted by Crippen LogP contribution is 2.29. The summed E-state index contributed by atoms with van der Waals surface area (Å²) in [6.45, 7) is 0. The van der Waals surface area contributed by atoms with E-state index >= 15 is 0 Å². The van der Waals surface area contributed by atoms with E-state index in [0.717, 1.165) is 26.9 Å². The van der Waals surface area contributed by atoms with Crippen molar-refractivity contribution in [1.82, 2.24) is 4.98 Å². The lowest BCUT2D eigenvalue weighted by molar-refractivity contribution is 1.27. The third-order valence-electron chi connectivity index (χ3n) is 3.39. The van der Waals surface area contributed by atoms with Gasteiger partial charge in [-0.05, 0) is 29.3 Å². The number of hydrogen-bond acceptors (Lipinski definition) is 2. The molecule has 0 bridgehead atoms. The van der Waals surface area contributed by atoms with Crippen LogP contribution in [-0.2, 0) is 0 Å². The number of nitrogens with one attached hydrogen (secondary N) is 1. The molecule has 0 aliphatic heterocycles. The number of H-pyrrole nitrogens is 1. The Morgan fingerprint density at radius 2 is 1.64 bits per heavy atom. The summed E-state index contributed by atoms with van der Waals surface area (Å²) in [5, 5.41) is 9.43. The van der Waals surface area contributed by atoms with Gasteiger partial charge in [0.15, 0.2) is 0 Å². The van der Waals surface area contributed by atoms with Crippen LogP contribution in [0.15, 0.2) is 65.1 Å². The van der Waals surface area contributed by atoms with Crippen molar-refractivity contribution in [2.45, 2.75) is 0 Å². The molecule has 3 rings (SSSR count). The normalized spacial score (nSPS) is 10.2. The van der Waals surface area contributed by atoms with Gasteiger partial charge in [-0.1, -0.05) is 70.6 Å². The van der Waals surface area contributed by atoms with Crippen molar-refractivity contribution < 1.29 is 0 Å². The Labute approximate surface area is 142 Å². The lowest BCUT2D eigenvalue weighted by Gasteiger charge is -2.09. The van der Waals surface area contributed by atoms with Crippen molar-refractivity contribution in [2.75, 3.05) is 0 Å². The summed E-state index contributed by atoms with van der Waals surface area (Å²) in [7, 11) is 0. The van der Waals surface area contributed by atoms with Gasteiger partial charge in [0, 0.05) is 15.7 Å². The summed E-state index contributed by atoms with van der Waals surface area (Å²) >= 11 is 8.79. The minimum atomic E-state index is 0.460. The van der Waals surface area contributed by atoms with E-state index in [1.165, 1.54) is 0 Å². The molecule has 106 valence electrons. The van der Waals surface area contributed by atoms with Crippen LogP contribution in [0.4, 0.5) is 0 Å². The van der Waals surface area contributed by atoms with E-state index in [-0.39, 0.29) is 0 Å². The lowest BCUT2D eigenvalue weighted by Crippen LogP contribution is -1.92. The summed E-state index contributed by atoms with van der Waals surface area (Å²) in [6, 6.07) is 22.0. The first-order chi connectivity index (χ1) is 10.7. The minimum absolute atomic E-state index is 0.460. The maximum absolute atomic E-state index is 9.43. The highest BCUT2D eigenvalue weighted by Gasteiger charge is 2.10. The molecule has 0 fully saturated rings. The van der Waals surface area contributed by atoms with Gasteiger partial charge in [0.05, 0.1) is 5.56 Å². The van der Waals surface area contributed by atoms with Crippen LogP contribution in [0.3, 0.4) is 0 Å². The van der Waals surface area contributed by atoms with Gasteiger partial charge in [0.25, 0.3) is 0 Å². The lowest BCUT2D eigenvalue weighted by atomic mass is 9.99. The molecule has 0 aliphatic rings. The molecule has 0 unspecified atom stereocenters. The highest BCUT2D eigenvalue weighted by atomic mass is 79.9. The first-order valence-electron chi connectivity index (χ1n) is 6.68. The van der Waals surface area contributed by atoms with Crippen LogP contribution in [0.2, 0.25) is 0 Å². The second-order valence-corrected chi connectivity index (χ2v) is 6.11. The van der Waals surface area contributed by atoms with Crippen LogP contribution in [0.25, 0.3) is 22.4 Å². The number of hydrogen-bond donors (Lipinski definition) is 1. The first kappa shape index (κ1) is 14.7. The third-order valence-corrected chi connectivity index (χ3v) is 4.22. The molecule has 0 saturated heterocycles. The summed E-state index contributed by atoms with van der Waals surface area (Å²) in [5.74, 6) is 0. The highest BCUT2D eigenvalue weighted by molar-refractivity contribution is 9.10. The average Bonchev–Trinajstić information content (AvgIpc) is 2.55. The topological polar surface area (TPSA) is 39.6 Å². The first-order valence-corrected chi connectivity index (χ1v) is 7.88. The molecule has 0 aliphatic carbocycles. The standard InChI is InChI=1S/C18H11BrN2S/c19-14-8-6-12(7-9-14)15-10-17(13-4-2-1-3-5-13)21-18(22)16(15)11-20/h1-10H,(H,21,22). The molecule has 1 aromatic heterocycles. The molecule has 2 aromatic carbocycles. The molecule has 1 N–H and O–H groups in total. The number of aromatic amines is 1. The summed E-state index contributed by atoms with van der Waals surface area (Å²) in [4.78, 5) is 3.15. The second kappa shape index (κ2) is 6.27. The Balaban J connectivity index is 2.24. The number of nitriles is 1. The quantitative estimate of drug-likeness (QED) is 0.589. The van der Waals surface area contributed by atoms with Gasteiger partial charge in [-0.3, -0.25) is 0 Å². The van der Waals surface area contributed by atoms with E-state index in [0.29, 0.717) is 10.2 Å². The van der Waals surface area contributed by atoms with Crippen LogP contribution in [0.1, 0.15) is 5.56 Å². The van der Waals surface area contributed by atoms with Crippen molar-refractivity contribution in [3.8, 4) is 28.5 Å². The van der Waals surface area contributed by atoms with Crippen LogP contribution in [0.5, 0.6) is 0 Å². The molecule has 0 spiro atoms. The number of halogens is 1. The Bertz CT molecular complexity index is 907. The van der Waals surface area contributed by atoms with E-state index < -0.39 is 0 Å². The number of benzene rings is 2. The monoisotopic (exact) mass is 366 g/mol. The maximum Gasteiger partial charge on any atom is 0.122 e. The van der Waals surface area contributed by atoms with Gasteiger partial charge in [0.1, 0.15) is 10.7 Å². The second-order valence-electron chi connectivity index (χ2n) is 4.79. The molecule has 4 heteroatoms. The molecule has 2 nitrogen and oxygen atoms in total. The smallest absolute Gasteiger partial charge is 0.122 e. The van der Waals surface area contributed by atoms with Crippen molar-refractivity contribution in [3.05, 3.63) is 75.3 Å². The predicted molar refractivity (Wildman–Crippen MR) is 94.9 cm³/mol. The zero-order chi connectivity index (χ0) is 15.5. The molecule has 0 atom stereocenters. The summed E-state index contributed by atoms with van der Waals surface area (Å²) in [6.07, 6.45) is 0. The zero-order valence-electron chi connectivity index (χ0n) is 11.5. The molecule has 0 radical (unpaired) electrons. The third kappa shape index (κ3) is 2.87. The number of aromatic nitrogens is 1. The molecular weight excluding hydrogens is 356 g/mol. The maximum atomic E-state index is 9.43. The van der Waals surface area contributed by atoms with E-state index in [1.54, 1.807) is 0 Å². The van der Waals surface area contributed by atoms with Gasteiger partial charge < -0.3 is 4.98 Å². The van der Waals surface area contributed by atoms with Gasteiger partial charge in [0.2, 0.25) is 0 Å². The van der Waals surface area contributed by atoms with Gasteiger partial charge in [-0.15, -0.1) is 0 Å². The van der Waals surface area contributed by atoms with Gasteiger partial charge in [-0.2, -0.15) is 5.26 Å². The number of rotatable bonds is 2. The van der Waals surface area contributed by atoms with Crippen LogP contribution < -0.4 is 0 Å². The van der Waals surface area contributed by atoms with Crippen molar-refractivity contribution in [1.29, 1.82) is 5.26 Å².